The van der Waals surface area contributed by atoms with Crippen LogP contribution in [0.15, 0.2) is 42.5 Å². The molecule has 1 heterocycles. The molecule has 0 bridgehead atoms. The van der Waals surface area contributed by atoms with E-state index >= 15 is 0 Å². The van der Waals surface area contributed by atoms with Gasteiger partial charge in [0.1, 0.15) is 0 Å². The summed E-state index contributed by atoms with van der Waals surface area (Å²) >= 11 is 5.82. The number of halogens is 1. The summed E-state index contributed by atoms with van der Waals surface area (Å²) in [5, 5.41) is 6.22. The number of rotatable bonds is 4. The molecule has 1 aliphatic rings. The summed E-state index contributed by atoms with van der Waals surface area (Å²) in [5.41, 5.74) is 3.83. The van der Waals surface area contributed by atoms with Crippen LogP contribution in [0.3, 0.4) is 0 Å². The molecule has 3 rings (SSSR count). The predicted molar refractivity (Wildman–Crippen MR) is 100 cm³/mol. The summed E-state index contributed by atoms with van der Waals surface area (Å²) < 4.78 is 0. The molecule has 0 atom stereocenters. The molecule has 2 aromatic rings. The molecule has 25 heavy (non-hydrogen) atoms. The molecule has 0 fully saturated rings. The molecule has 2 N–H and O–H groups in total. The van der Waals surface area contributed by atoms with Crippen LogP contribution in [0.2, 0.25) is 5.02 Å². The van der Waals surface area contributed by atoms with E-state index in [4.69, 9.17) is 11.6 Å². The number of nitrogens with zero attached hydrogens (tertiary/aromatic N) is 1. The van der Waals surface area contributed by atoms with Gasteiger partial charge in [0, 0.05) is 35.9 Å². The molecule has 130 valence electrons. The van der Waals surface area contributed by atoms with E-state index in [1.807, 2.05) is 24.0 Å². The Labute approximate surface area is 152 Å². The largest absolute Gasteiger partial charge is 0.334 e. The van der Waals surface area contributed by atoms with Crippen molar-refractivity contribution in [1.82, 2.24) is 5.32 Å². The monoisotopic (exact) mass is 357 g/mol. The standard InChI is InChI=1S/C19H20ClN3O2/c1-2-18(24)23-10-9-14-11-13(3-8-17(14)23)12-21-19(25)22-16-6-4-15(20)5-7-16/h3-8,11H,2,9-10,12H2,1H3,(H2,21,22,25). The summed E-state index contributed by atoms with van der Waals surface area (Å²) in [6, 6.07) is 12.6. The Kier molecular flexibility index (Phi) is 5.24. The molecule has 1 aliphatic heterocycles. The van der Waals surface area contributed by atoms with Gasteiger partial charge in [0.05, 0.1) is 0 Å². The van der Waals surface area contributed by atoms with E-state index in [1.54, 1.807) is 24.3 Å². The molecule has 0 spiro atoms. The fourth-order valence-electron chi connectivity index (χ4n) is 2.91. The van der Waals surface area contributed by atoms with Crippen molar-refractivity contribution in [2.24, 2.45) is 0 Å². The first-order chi connectivity index (χ1) is 12.1. The summed E-state index contributed by atoms with van der Waals surface area (Å²) in [6.07, 6.45) is 1.36. The van der Waals surface area contributed by atoms with Gasteiger partial charge in [0.15, 0.2) is 0 Å². The van der Waals surface area contributed by atoms with Gasteiger partial charge in [-0.1, -0.05) is 30.7 Å². The SMILES string of the molecule is CCC(=O)N1CCc2cc(CNC(=O)Nc3ccc(Cl)cc3)ccc21. The second-order valence-electron chi connectivity index (χ2n) is 5.93. The third kappa shape index (κ3) is 4.12. The molecule has 0 aromatic heterocycles. The van der Waals surface area contributed by atoms with Crippen LogP contribution in [-0.4, -0.2) is 18.5 Å². The minimum absolute atomic E-state index is 0.145. The number of carbonyl (C=O) groups is 2. The summed E-state index contributed by atoms with van der Waals surface area (Å²) in [7, 11) is 0. The van der Waals surface area contributed by atoms with Gasteiger partial charge in [-0.25, -0.2) is 4.79 Å². The van der Waals surface area contributed by atoms with Gasteiger partial charge in [0.25, 0.3) is 0 Å². The van der Waals surface area contributed by atoms with Crippen LogP contribution < -0.4 is 15.5 Å². The van der Waals surface area contributed by atoms with Gasteiger partial charge in [-0.3, -0.25) is 4.79 Å². The summed E-state index contributed by atoms with van der Waals surface area (Å²) in [4.78, 5) is 25.7. The lowest BCUT2D eigenvalue weighted by atomic mass is 10.1. The van der Waals surface area contributed by atoms with E-state index in [-0.39, 0.29) is 11.9 Å². The fourth-order valence-corrected chi connectivity index (χ4v) is 3.03. The maximum atomic E-state index is 12.0. The van der Waals surface area contributed by atoms with Crippen molar-refractivity contribution in [3.8, 4) is 0 Å². The Bertz CT molecular complexity index is 790. The van der Waals surface area contributed by atoms with Crippen LogP contribution in [0, 0.1) is 0 Å². The Morgan fingerprint density at radius 1 is 1.16 bits per heavy atom. The fraction of sp³-hybridized carbons (Fsp3) is 0.263. The number of carbonyl (C=O) groups excluding carboxylic acids is 2. The highest BCUT2D eigenvalue weighted by atomic mass is 35.5. The first-order valence-corrected chi connectivity index (χ1v) is 8.67. The van der Waals surface area contributed by atoms with Crippen LogP contribution >= 0.6 is 11.6 Å². The maximum Gasteiger partial charge on any atom is 0.319 e. The quantitative estimate of drug-likeness (QED) is 0.870. The molecule has 6 heteroatoms. The van der Waals surface area contributed by atoms with E-state index < -0.39 is 0 Å². The third-order valence-electron chi connectivity index (χ3n) is 4.20. The van der Waals surface area contributed by atoms with Crippen LogP contribution in [0.25, 0.3) is 0 Å². The highest BCUT2D eigenvalue weighted by molar-refractivity contribution is 6.30. The van der Waals surface area contributed by atoms with Crippen molar-refractivity contribution in [3.63, 3.8) is 0 Å². The van der Waals surface area contributed by atoms with Gasteiger partial charge >= 0.3 is 6.03 Å². The van der Waals surface area contributed by atoms with Crippen LogP contribution in [0.4, 0.5) is 16.2 Å². The van der Waals surface area contributed by atoms with Crippen molar-refractivity contribution < 1.29 is 9.59 Å². The number of nitrogens with one attached hydrogen (secondary N) is 2. The summed E-state index contributed by atoms with van der Waals surface area (Å²) in [6.45, 7) is 3.03. The first kappa shape index (κ1) is 17.3. The zero-order valence-electron chi connectivity index (χ0n) is 14.0. The van der Waals surface area contributed by atoms with Crippen molar-refractivity contribution in [2.45, 2.75) is 26.3 Å². The van der Waals surface area contributed by atoms with Crippen LogP contribution in [0.1, 0.15) is 24.5 Å². The van der Waals surface area contributed by atoms with E-state index in [0.717, 1.165) is 29.8 Å². The minimum atomic E-state index is -0.273. The number of amides is 3. The normalized spacial score (nSPS) is 12.6. The number of benzene rings is 2. The van der Waals surface area contributed by atoms with Gasteiger partial charge in [-0.05, 0) is 47.9 Å². The molecular weight excluding hydrogens is 338 g/mol. The number of hydrogen-bond donors (Lipinski definition) is 2. The topological polar surface area (TPSA) is 61.4 Å². The van der Waals surface area contributed by atoms with Crippen molar-refractivity contribution in [2.75, 3.05) is 16.8 Å². The van der Waals surface area contributed by atoms with Gasteiger partial charge < -0.3 is 15.5 Å². The minimum Gasteiger partial charge on any atom is -0.334 e. The van der Waals surface area contributed by atoms with Gasteiger partial charge in [0.2, 0.25) is 5.91 Å². The zero-order valence-corrected chi connectivity index (χ0v) is 14.8. The third-order valence-corrected chi connectivity index (χ3v) is 4.45. The van der Waals surface area contributed by atoms with Gasteiger partial charge in [-0.2, -0.15) is 0 Å². The van der Waals surface area contributed by atoms with Crippen LogP contribution in [-0.2, 0) is 17.8 Å². The van der Waals surface area contributed by atoms with E-state index in [9.17, 15) is 9.59 Å². The number of fused-ring (bicyclic) bond motifs is 1. The summed E-state index contributed by atoms with van der Waals surface area (Å²) in [5.74, 6) is 0.145. The van der Waals surface area contributed by atoms with Crippen molar-refractivity contribution >= 4 is 34.9 Å². The lowest BCUT2D eigenvalue weighted by Crippen LogP contribution is -2.28. The average molecular weight is 358 g/mol. The zero-order chi connectivity index (χ0) is 17.8. The smallest absolute Gasteiger partial charge is 0.319 e. The van der Waals surface area contributed by atoms with Crippen LogP contribution in [0.5, 0.6) is 0 Å². The Morgan fingerprint density at radius 3 is 2.64 bits per heavy atom. The van der Waals surface area contributed by atoms with E-state index in [2.05, 4.69) is 16.7 Å². The molecule has 0 radical (unpaired) electrons. The Morgan fingerprint density at radius 2 is 1.92 bits per heavy atom. The van der Waals surface area contributed by atoms with Gasteiger partial charge in [-0.15, -0.1) is 0 Å². The second-order valence-corrected chi connectivity index (χ2v) is 6.36. The number of hydrogen-bond acceptors (Lipinski definition) is 2. The Hall–Kier alpha value is -2.53. The van der Waals surface area contributed by atoms with Crippen molar-refractivity contribution in [3.05, 3.63) is 58.6 Å². The maximum absolute atomic E-state index is 12.0. The highest BCUT2D eigenvalue weighted by Crippen LogP contribution is 2.29. The number of anilines is 2. The molecule has 2 aromatic carbocycles. The van der Waals surface area contributed by atoms with E-state index in [1.165, 1.54) is 0 Å². The average Bonchev–Trinajstić information content (AvgIpc) is 3.04. The molecule has 0 aliphatic carbocycles. The second kappa shape index (κ2) is 7.57. The highest BCUT2D eigenvalue weighted by Gasteiger charge is 2.23. The first-order valence-electron chi connectivity index (χ1n) is 8.29. The molecular formula is C19H20ClN3O2. The van der Waals surface area contributed by atoms with Crippen molar-refractivity contribution in [1.29, 1.82) is 0 Å². The predicted octanol–water partition coefficient (Wildman–Crippen LogP) is 3.96. The molecule has 0 saturated heterocycles. The number of urea groups is 1. The lowest BCUT2D eigenvalue weighted by molar-refractivity contribution is -0.118. The molecule has 0 unspecified atom stereocenters. The molecule has 0 saturated carbocycles. The Balaban J connectivity index is 1.58. The molecule has 3 amide bonds. The molecule has 5 nitrogen and oxygen atoms in total. The lowest BCUT2D eigenvalue weighted by Gasteiger charge is -2.16. The van der Waals surface area contributed by atoms with E-state index in [0.29, 0.717) is 23.7 Å².